The summed E-state index contributed by atoms with van der Waals surface area (Å²) in [6.45, 7) is 2.44. The third-order valence-corrected chi connectivity index (χ3v) is 6.42. The Labute approximate surface area is 208 Å². The van der Waals surface area contributed by atoms with Crippen molar-refractivity contribution in [2.45, 2.75) is 25.0 Å². The van der Waals surface area contributed by atoms with Gasteiger partial charge in [-0.1, -0.05) is 58.2 Å². The fourth-order valence-corrected chi connectivity index (χ4v) is 4.28. The second kappa shape index (κ2) is 11.2. The number of nitrogens with one attached hydrogen (secondary N) is 2. The van der Waals surface area contributed by atoms with E-state index in [1.54, 1.807) is 41.0 Å². The monoisotopic (exact) mass is 531 g/mol. The maximum absolute atomic E-state index is 12.4. The van der Waals surface area contributed by atoms with Crippen LogP contribution in [0.15, 0.2) is 41.6 Å². The first kappa shape index (κ1) is 24.7. The van der Waals surface area contributed by atoms with Gasteiger partial charge in [0.25, 0.3) is 0 Å². The number of benzene rings is 2. The van der Waals surface area contributed by atoms with Gasteiger partial charge in [-0.3, -0.25) is 9.59 Å². The average Bonchev–Trinajstić information content (AvgIpc) is 3.12. The van der Waals surface area contributed by atoms with Gasteiger partial charge in [-0.05, 0) is 43.3 Å². The highest BCUT2D eigenvalue weighted by atomic mass is 35.5. The molecule has 0 bridgehead atoms. The van der Waals surface area contributed by atoms with Gasteiger partial charge in [-0.25, -0.2) is 0 Å². The molecule has 1 heterocycles. The molecular weight excluding hydrogens is 516 g/mol. The number of amides is 2. The molecule has 0 atom stereocenters. The van der Waals surface area contributed by atoms with Crippen molar-refractivity contribution in [1.29, 1.82) is 0 Å². The van der Waals surface area contributed by atoms with Crippen LogP contribution in [0.2, 0.25) is 20.1 Å². The highest BCUT2D eigenvalue weighted by molar-refractivity contribution is 7.99. The number of thioether (sulfide) groups is 1. The Morgan fingerprint density at radius 1 is 0.938 bits per heavy atom. The van der Waals surface area contributed by atoms with E-state index in [9.17, 15) is 9.59 Å². The van der Waals surface area contributed by atoms with E-state index < -0.39 is 0 Å². The van der Waals surface area contributed by atoms with E-state index >= 15 is 0 Å². The summed E-state index contributed by atoms with van der Waals surface area (Å²) in [5, 5.41) is 15.8. The van der Waals surface area contributed by atoms with Crippen LogP contribution in [0.25, 0.3) is 0 Å². The van der Waals surface area contributed by atoms with Gasteiger partial charge in [-0.15, -0.1) is 10.2 Å². The molecule has 0 spiro atoms. The number of nitrogens with zero attached hydrogens (tertiary/aromatic N) is 3. The molecule has 0 unspecified atom stereocenters. The van der Waals surface area contributed by atoms with Gasteiger partial charge in [0, 0.05) is 17.3 Å². The minimum absolute atomic E-state index is 0.00816. The normalized spacial score (nSPS) is 10.8. The topological polar surface area (TPSA) is 88.9 Å². The zero-order valence-corrected chi connectivity index (χ0v) is 20.5. The van der Waals surface area contributed by atoms with Crippen molar-refractivity contribution in [2.75, 3.05) is 16.4 Å². The molecule has 0 aliphatic rings. The summed E-state index contributed by atoms with van der Waals surface area (Å²) in [6, 6.07) is 9.65. The average molecular weight is 533 g/mol. The lowest BCUT2D eigenvalue weighted by atomic mass is 10.3. The molecule has 7 nitrogen and oxygen atoms in total. The largest absolute Gasteiger partial charge is 0.326 e. The Morgan fingerprint density at radius 2 is 1.72 bits per heavy atom. The summed E-state index contributed by atoms with van der Waals surface area (Å²) in [5.41, 5.74) is 0.998. The molecule has 1 aromatic heterocycles. The Morgan fingerprint density at radius 3 is 2.41 bits per heavy atom. The van der Waals surface area contributed by atoms with Crippen LogP contribution < -0.4 is 10.6 Å². The minimum Gasteiger partial charge on any atom is -0.326 e. The van der Waals surface area contributed by atoms with Crippen LogP contribution in [0.1, 0.15) is 12.7 Å². The number of anilines is 2. The standard InChI is InChI=1S/C20H17Cl4N5O2S/c1-2-29-17(9-18(30)25-12-4-5-13(22)14(23)8-12)27-28-20(29)32-10-19(31)26-16-6-3-11(21)7-15(16)24/h3-8H,2,9-10H2,1H3,(H,25,30)(H,26,31). The van der Waals surface area contributed by atoms with Crippen LogP contribution in [0.5, 0.6) is 0 Å². The molecule has 0 fully saturated rings. The van der Waals surface area contributed by atoms with Crippen molar-refractivity contribution in [3.63, 3.8) is 0 Å². The third-order valence-electron chi connectivity index (χ3n) is 4.17. The van der Waals surface area contributed by atoms with Crippen LogP contribution in [0.3, 0.4) is 0 Å². The lowest BCUT2D eigenvalue weighted by Gasteiger charge is -2.09. The maximum Gasteiger partial charge on any atom is 0.234 e. The van der Waals surface area contributed by atoms with Crippen LogP contribution in [0.4, 0.5) is 11.4 Å². The molecule has 168 valence electrons. The lowest BCUT2D eigenvalue weighted by molar-refractivity contribution is -0.116. The number of hydrogen-bond acceptors (Lipinski definition) is 5. The van der Waals surface area contributed by atoms with E-state index in [1.165, 1.54) is 11.8 Å². The highest BCUT2D eigenvalue weighted by Gasteiger charge is 2.17. The van der Waals surface area contributed by atoms with Crippen molar-refractivity contribution < 1.29 is 9.59 Å². The zero-order chi connectivity index (χ0) is 23.3. The predicted octanol–water partition coefficient (Wildman–Crippen LogP) is 5.82. The maximum atomic E-state index is 12.4. The molecule has 3 rings (SSSR count). The number of hydrogen-bond donors (Lipinski definition) is 2. The number of halogens is 4. The summed E-state index contributed by atoms with van der Waals surface area (Å²) in [6.07, 6.45) is 0.00816. The molecular formula is C20H17Cl4N5O2S. The fourth-order valence-electron chi connectivity index (χ4n) is 2.70. The summed E-state index contributed by atoms with van der Waals surface area (Å²) in [5.74, 6) is 0.0293. The molecule has 0 aliphatic heterocycles. The molecule has 3 aromatic rings. The first-order valence-corrected chi connectivity index (χ1v) is 11.8. The van der Waals surface area contributed by atoms with Crippen LogP contribution in [-0.2, 0) is 22.6 Å². The van der Waals surface area contributed by atoms with E-state index in [0.29, 0.717) is 49.0 Å². The number of aromatic nitrogens is 3. The molecule has 32 heavy (non-hydrogen) atoms. The van der Waals surface area contributed by atoms with E-state index in [1.807, 2.05) is 6.92 Å². The van der Waals surface area contributed by atoms with Crippen molar-refractivity contribution in [3.8, 4) is 0 Å². The molecule has 2 N–H and O–H groups in total. The molecule has 0 aliphatic carbocycles. The minimum atomic E-state index is -0.280. The summed E-state index contributed by atoms with van der Waals surface area (Å²) < 4.78 is 1.78. The number of rotatable bonds is 8. The Balaban J connectivity index is 1.59. The Kier molecular flexibility index (Phi) is 8.67. The smallest absolute Gasteiger partial charge is 0.234 e. The Bertz CT molecular complexity index is 1160. The van der Waals surface area contributed by atoms with Gasteiger partial charge >= 0.3 is 0 Å². The predicted molar refractivity (Wildman–Crippen MR) is 130 cm³/mol. The third kappa shape index (κ3) is 6.52. The van der Waals surface area contributed by atoms with Gasteiger partial charge in [0.05, 0.1) is 32.9 Å². The quantitative estimate of drug-likeness (QED) is 0.356. The first-order chi connectivity index (χ1) is 15.3. The highest BCUT2D eigenvalue weighted by Crippen LogP contribution is 2.27. The second-order valence-corrected chi connectivity index (χ2v) is 9.06. The number of carbonyl (C=O) groups is 2. The van der Waals surface area contributed by atoms with Crippen LogP contribution >= 0.6 is 58.2 Å². The first-order valence-electron chi connectivity index (χ1n) is 9.31. The fraction of sp³-hybridized carbons (Fsp3) is 0.200. The van der Waals surface area contributed by atoms with Gasteiger partial charge in [0.15, 0.2) is 5.16 Å². The molecule has 0 radical (unpaired) electrons. The van der Waals surface area contributed by atoms with Gasteiger partial charge in [0.1, 0.15) is 5.82 Å². The summed E-state index contributed by atoms with van der Waals surface area (Å²) in [4.78, 5) is 24.7. The second-order valence-electron chi connectivity index (χ2n) is 6.46. The SMILES string of the molecule is CCn1c(CC(=O)Nc2ccc(Cl)c(Cl)c2)nnc1SCC(=O)Nc1ccc(Cl)cc1Cl. The lowest BCUT2D eigenvalue weighted by Crippen LogP contribution is -2.18. The summed E-state index contributed by atoms with van der Waals surface area (Å²) in [7, 11) is 0. The van der Waals surface area contributed by atoms with Crippen LogP contribution in [-0.4, -0.2) is 32.3 Å². The molecule has 12 heteroatoms. The van der Waals surface area contributed by atoms with E-state index in [4.69, 9.17) is 46.4 Å². The van der Waals surface area contributed by atoms with Gasteiger partial charge in [-0.2, -0.15) is 0 Å². The van der Waals surface area contributed by atoms with Crippen LogP contribution in [0, 0.1) is 0 Å². The van der Waals surface area contributed by atoms with Crippen molar-refractivity contribution in [3.05, 3.63) is 62.3 Å². The van der Waals surface area contributed by atoms with Crippen molar-refractivity contribution >= 4 is 81.4 Å². The molecule has 0 saturated heterocycles. The van der Waals surface area contributed by atoms with E-state index in [2.05, 4.69) is 20.8 Å². The van der Waals surface area contributed by atoms with Crippen molar-refractivity contribution in [1.82, 2.24) is 14.8 Å². The molecule has 2 amide bonds. The van der Waals surface area contributed by atoms with Gasteiger partial charge in [0.2, 0.25) is 11.8 Å². The summed E-state index contributed by atoms with van der Waals surface area (Å²) >= 11 is 25.0. The van der Waals surface area contributed by atoms with Gasteiger partial charge < -0.3 is 15.2 Å². The van der Waals surface area contributed by atoms with E-state index in [-0.39, 0.29) is 24.0 Å². The van der Waals surface area contributed by atoms with Crippen molar-refractivity contribution in [2.24, 2.45) is 0 Å². The number of carbonyl (C=O) groups excluding carboxylic acids is 2. The Hall–Kier alpha value is -1.97. The van der Waals surface area contributed by atoms with E-state index in [0.717, 1.165) is 0 Å². The molecule has 0 saturated carbocycles. The zero-order valence-electron chi connectivity index (χ0n) is 16.7. The molecule has 2 aromatic carbocycles.